The summed E-state index contributed by atoms with van der Waals surface area (Å²) in [6.45, 7) is 3.91. The summed E-state index contributed by atoms with van der Waals surface area (Å²) in [4.78, 5) is 23.1. The first kappa shape index (κ1) is 19.0. The van der Waals surface area contributed by atoms with E-state index in [0.717, 1.165) is 14.7 Å². The molecule has 0 aromatic heterocycles. The lowest BCUT2D eigenvalue weighted by atomic mass is 10.1. The number of halogens is 1. The number of benzene rings is 1. The zero-order chi connectivity index (χ0) is 19.0. The van der Waals surface area contributed by atoms with Crippen LogP contribution >= 0.6 is 0 Å². The van der Waals surface area contributed by atoms with Crippen molar-refractivity contribution in [3.63, 3.8) is 0 Å². The van der Waals surface area contributed by atoms with E-state index in [4.69, 9.17) is 4.74 Å². The SMILES string of the molecule is CC(=O)OC(C)(C)C(=O)NCCN1c2cc(F)ccc2N(C)S1(=O)=O. The van der Waals surface area contributed by atoms with Crippen LogP contribution in [0.1, 0.15) is 20.8 Å². The Kier molecular flexibility index (Phi) is 4.94. The molecule has 1 heterocycles. The fourth-order valence-electron chi connectivity index (χ4n) is 2.48. The van der Waals surface area contributed by atoms with E-state index < -0.39 is 33.5 Å². The maximum Gasteiger partial charge on any atom is 0.326 e. The number of hydrogen-bond donors (Lipinski definition) is 1. The van der Waals surface area contributed by atoms with Crippen molar-refractivity contribution < 1.29 is 27.1 Å². The molecule has 1 aliphatic rings. The third kappa shape index (κ3) is 3.68. The molecule has 8 nitrogen and oxygen atoms in total. The van der Waals surface area contributed by atoms with Gasteiger partial charge in [0.15, 0.2) is 5.60 Å². The van der Waals surface area contributed by atoms with Gasteiger partial charge in [-0.15, -0.1) is 0 Å². The number of amides is 1. The summed E-state index contributed by atoms with van der Waals surface area (Å²) in [7, 11) is -2.46. The van der Waals surface area contributed by atoms with Gasteiger partial charge >= 0.3 is 16.2 Å². The zero-order valence-electron chi connectivity index (χ0n) is 14.4. The molecule has 0 fully saturated rings. The standard InChI is InChI=1S/C15H20FN3O5S/c1-10(20)24-15(2,3)14(21)17-7-8-19-13-9-11(16)5-6-12(13)18(4)25(19,22)23/h5-6,9H,7-8H2,1-4H3,(H,17,21). The van der Waals surface area contributed by atoms with Crippen molar-refractivity contribution in [2.24, 2.45) is 0 Å². The lowest BCUT2D eigenvalue weighted by Crippen LogP contribution is -2.48. The first-order valence-electron chi connectivity index (χ1n) is 7.51. The van der Waals surface area contributed by atoms with Crippen LogP contribution in [0.2, 0.25) is 0 Å². The molecule has 0 aliphatic carbocycles. The van der Waals surface area contributed by atoms with Crippen LogP contribution < -0.4 is 13.9 Å². The van der Waals surface area contributed by atoms with Crippen molar-refractivity contribution in [2.75, 3.05) is 28.7 Å². The lowest BCUT2D eigenvalue weighted by Gasteiger charge is -2.24. The minimum absolute atomic E-state index is 0.0352. The van der Waals surface area contributed by atoms with E-state index in [1.54, 1.807) is 0 Å². The number of nitrogens with zero attached hydrogens (tertiary/aromatic N) is 2. The molecule has 10 heteroatoms. The summed E-state index contributed by atoms with van der Waals surface area (Å²) in [5.74, 6) is -1.73. The molecule has 1 aromatic rings. The van der Waals surface area contributed by atoms with Crippen molar-refractivity contribution in [3.8, 4) is 0 Å². The van der Waals surface area contributed by atoms with Crippen molar-refractivity contribution in [1.29, 1.82) is 0 Å². The van der Waals surface area contributed by atoms with Crippen molar-refractivity contribution in [1.82, 2.24) is 5.32 Å². The van der Waals surface area contributed by atoms with Gasteiger partial charge in [-0.25, -0.2) is 8.70 Å². The maximum absolute atomic E-state index is 13.5. The Bertz CT molecular complexity index is 809. The van der Waals surface area contributed by atoms with E-state index in [1.807, 2.05) is 0 Å². The van der Waals surface area contributed by atoms with E-state index in [2.05, 4.69) is 5.32 Å². The molecule has 0 saturated heterocycles. The van der Waals surface area contributed by atoms with E-state index in [-0.39, 0.29) is 18.8 Å². The number of fused-ring (bicyclic) bond motifs is 1. The number of ether oxygens (including phenoxy) is 1. The van der Waals surface area contributed by atoms with Gasteiger partial charge in [-0.3, -0.25) is 13.9 Å². The third-order valence-corrected chi connectivity index (χ3v) is 5.54. The second-order valence-electron chi connectivity index (χ2n) is 6.04. The van der Waals surface area contributed by atoms with Crippen LogP contribution in [0.5, 0.6) is 0 Å². The van der Waals surface area contributed by atoms with Crippen molar-refractivity contribution in [2.45, 2.75) is 26.4 Å². The number of anilines is 2. The Labute approximate surface area is 145 Å². The van der Waals surface area contributed by atoms with Gasteiger partial charge in [-0.1, -0.05) is 0 Å². The first-order valence-corrected chi connectivity index (χ1v) is 8.90. The number of esters is 1. The highest BCUT2D eigenvalue weighted by atomic mass is 32.2. The Balaban J connectivity index is 2.10. The number of hydrogen-bond acceptors (Lipinski definition) is 5. The van der Waals surface area contributed by atoms with Crippen molar-refractivity contribution >= 4 is 33.5 Å². The molecular formula is C15H20FN3O5S. The third-order valence-electron chi connectivity index (χ3n) is 3.72. The number of nitrogens with one attached hydrogen (secondary N) is 1. The molecule has 0 spiro atoms. The molecule has 0 radical (unpaired) electrons. The van der Waals surface area contributed by atoms with E-state index in [1.165, 1.54) is 40.0 Å². The van der Waals surface area contributed by atoms with Gasteiger partial charge in [-0.2, -0.15) is 8.42 Å². The molecule has 1 aliphatic heterocycles. The monoisotopic (exact) mass is 373 g/mol. The quantitative estimate of drug-likeness (QED) is 0.770. The van der Waals surface area contributed by atoms with Crippen LogP contribution in [-0.2, 0) is 24.5 Å². The van der Waals surface area contributed by atoms with Crippen LogP contribution in [-0.4, -0.2) is 46.0 Å². The number of rotatable bonds is 5. The minimum Gasteiger partial charge on any atom is -0.450 e. The van der Waals surface area contributed by atoms with Gasteiger partial charge in [0, 0.05) is 26.6 Å². The molecular weight excluding hydrogens is 353 g/mol. The second-order valence-corrected chi connectivity index (χ2v) is 7.92. The summed E-state index contributed by atoms with van der Waals surface area (Å²) >= 11 is 0. The van der Waals surface area contributed by atoms with Gasteiger partial charge in [0.2, 0.25) is 0 Å². The van der Waals surface area contributed by atoms with Crippen LogP contribution in [0, 0.1) is 5.82 Å². The normalized spacial score (nSPS) is 15.7. The highest BCUT2D eigenvalue weighted by Crippen LogP contribution is 2.39. The second kappa shape index (κ2) is 6.51. The van der Waals surface area contributed by atoms with Crippen LogP contribution in [0.3, 0.4) is 0 Å². The van der Waals surface area contributed by atoms with Crippen LogP contribution in [0.15, 0.2) is 18.2 Å². The molecule has 1 amide bonds. The zero-order valence-corrected chi connectivity index (χ0v) is 15.2. The Morgan fingerprint density at radius 1 is 1.28 bits per heavy atom. The molecule has 1 aromatic carbocycles. The van der Waals surface area contributed by atoms with Gasteiger partial charge in [0.1, 0.15) is 5.82 Å². The molecule has 0 unspecified atom stereocenters. The summed E-state index contributed by atoms with van der Waals surface area (Å²) in [6, 6.07) is 3.68. The molecule has 138 valence electrons. The van der Waals surface area contributed by atoms with E-state index in [9.17, 15) is 22.4 Å². The topological polar surface area (TPSA) is 96.0 Å². The smallest absolute Gasteiger partial charge is 0.326 e. The number of carbonyl (C=O) groups is 2. The van der Waals surface area contributed by atoms with Crippen LogP contribution in [0.4, 0.5) is 15.8 Å². The highest BCUT2D eigenvalue weighted by molar-refractivity contribution is 7.94. The predicted octanol–water partition coefficient (Wildman–Crippen LogP) is 0.785. The highest BCUT2D eigenvalue weighted by Gasteiger charge is 2.38. The molecule has 0 atom stereocenters. The fraction of sp³-hybridized carbons (Fsp3) is 0.467. The molecule has 25 heavy (non-hydrogen) atoms. The summed E-state index contributed by atoms with van der Waals surface area (Å²) < 4.78 is 45.3. The van der Waals surface area contributed by atoms with Crippen LogP contribution in [0.25, 0.3) is 0 Å². The number of carbonyl (C=O) groups excluding carboxylic acids is 2. The summed E-state index contributed by atoms with van der Waals surface area (Å²) in [6.07, 6.45) is 0. The van der Waals surface area contributed by atoms with E-state index in [0.29, 0.717) is 5.69 Å². The predicted molar refractivity (Wildman–Crippen MR) is 89.9 cm³/mol. The summed E-state index contributed by atoms with van der Waals surface area (Å²) in [5.41, 5.74) is -0.819. The van der Waals surface area contributed by atoms with Gasteiger partial charge in [0.25, 0.3) is 5.91 Å². The largest absolute Gasteiger partial charge is 0.450 e. The molecule has 2 rings (SSSR count). The average Bonchev–Trinajstić information content (AvgIpc) is 2.66. The minimum atomic E-state index is -3.83. The maximum atomic E-state index is 13.5. The fourth-order valence-corrected chi connectivity index (χ4v) is 3.90. The van der Waals surface area contributed by atoms with Gasteiger partial charge in [-0.05, 0) is 26.0 Å². The Morgan fingerprint density at radius 3 is 2.52 bits per heavy atom. The van der Waals surface area contributed by atoms with Gasteiger partial charge < -0.3 is 10.1 Å². The Morgan fingerprint density at radius 2 is 1.92 bits per heavy atom. The average molecular weight is 373 g/mol. The molecule has 0 bridgehead atoms. The summed E-state index contributed by atoms with van der Waals surface area (Å²) in [5, 5.41) is 2.52. The first-order chi connectivity index (χ1) is 11.5. The lowest BCUT2D eigenvalue weighted by molar-refractivity contribution is -0.162. The Hall–Kier alpha value is -2.36. The molecule has 1 N–H and O–H groups in total. The molecule has 0 saturated carbocycles. The van der Waals surface area contributed by atoms with Crippen molar-refractivity contribution in [3.05, 3.63) is 24.0 Å². The van der Waals surface area contributed by atoms with E-state index >= 15 is 0 Å². The van der Waals surface area contributed by atoms with Gasteiger partial charge in [0.05, 0.1) is 17.9 Å².